The van der Waals surface area contributed by atoms with Crippen molar-refractivity contribution in [1.82, 2.24) is 10.1 Å². The maximum atomic E-state index is 9.26. The zero-order valence-electron chi connectivity index (χ0n) is 11.3. The molecule has 0 saturated heterocycles. The van der Waals surface area contributed by atoms with Crippen LogP contribution in [0, 0.1) is 0 Å². The number of aromatic hydroxyl groups is 1. The molecule has 0 spiro atoms. The van der Waals surface area contributed by atoms with Crippen LogP contribution in [0.1, 0.15) is 54.9 Å². The fourth-order valence-corrected chi connectivity index (χ4v) is 2.72. The van der Waals surface area contributed by atoms with E-state index in [-0.39, 0.29) is 11.8 Å². The van der Waals surface area contributed by atoms with Crippen LogP contribution in [0.25, 0.3) is 0 Å². The lowest BCUT2D eigenvalue weighted by atomic mass is 10.1. The summed E-state index contributed by atoms with van der Waals surface area (Å²) < 4.78 is 5.30. The lowest BCUT2D eigenvalue weighted by Gasteiger charge is -2.06. The number of hydrogen-bond donors (Lipinski definition) is 2. The molecule has 0 radical (unpaired) electrons. The summed E-state index contributed by atoms with van der Waals surface area (Å²) in [7, 11) is 0. The summed E-state index contributed by atoms with van der Waals surface area (Å²) in [5, 5.41) is 13.3. The van der Waals surface area contributed by atoms with Crippen molar-refractivity contribution in [3.63, 3.8) is 0 Å². The Morgan fingerprint density at radius 1 is 1.25 bits per heavy atom. The lowest BCUT2D eigenvalue weighted by Crippen LogP contribution is -2.14. The third-order valence-electron chi connectivity index (χ3n) is 3.89. The average Bonchev–Trinajstić information content (AvgIpc) is 3.11. The first kappa shape index (κ1) is 13.1. The highest BCUT2D eigenvalue weighted by atomic mass is 16.5. The molecule has 5 nitrogen and oxygen atoms in total. The molecule has 5 heteroatoms. The molecule has 1 unspecified atom stereocenters. The molecule has 0 aliphatic heterocycles. The van der Waals surface area contributed by atoms with Crippen LogP contribution in [0.15, 0.2) is 28.8 Å². The molecule has 1 saturated carbocycles. The van der Waals surface area contributed by atoms with Gasteiger partial charge < -0.3 is 15.4 Å². The average molecular weight is 273 g/mol. The number of hydrogen-bond acceptors (Lipinski definition) is 5. The third-order valence-corrected chi connectivity index (χ3v) is 3.89. The van der Waals surface area contributed by atoms with Crippen molar-refractivity contribution in [2.45, 2.75) is 44.1 Å². The molecule has 1 atom stereocenters. The van der Waals surface area contributed by atoms with Crippen molar-refractivity contribution < 1.29 is 9.63 Å². The maximum Gasteiger partial charge on any atom is 0.243 e. The number of phenols is 1. The van der Waals surface area contributed by atoms with Crippen LogP contribution in [0.3, 0.4) is 0 Å². The predicted molar refractivity (Wildman–Crippen MR) is 74.2 cm³/mol. The van der Waals surface area contributed by atoms with Crippen LogP contribution in [-0.4, -0.2) is 15.2 Å². The molecular weight excluding hydrogens is 254 g/mol. The normalized spacial score (nSPS) is 17.4. The second kappa shape index (κ2) is 5.63. The van der Waals surface area contributed by atoms with E-state index in [9.17, 15) is 5.11 Å². The van der Waals surface area contributed by atoms with Gasteiger partial charge in [-0.1, -0.05) is 30.1 Å². The zero-order chi connectivity index (χ0) is 13.9. The molecule has 3 rings (SSSR count). The molecular formula is C15H19N3O2. The van der Waals surface area contributed by atoms with Crippen molar-refractivity contribution in [3.05, 3.63) is 41.5 Å². The molecule has 106 valence electrons. The largest absolute Gasteiger partial charge is 0.508 e. The highest BCUT2D eigenvalue weighted by Gasteiger charge is 2.24. The van der Waals surface area contributed by atoms with E-state index in [1.807, 2.05) is 12.1 Å². The first-order valence-electron chi connectivity index (χ1n) is 7.09. The van der Waals surface area contributed by atoms with Gasteiger partial charge in [0.2, 0.25) is 5.89 Å². The second-order valence-corrected chi connectivity index (χ2v) is 5.45. The molecule has 3 N–H and O–H groups in total. The molecule has 1 heterocycles. The quantitative estimate of drug-likeness (QED) is 0.894. The monoisotopic (exact) mass is 273 g/mol. The molecule has 1 fully saturated rings. The van der Waals surface area contributed by atoms with E-state index in [1.54, 1.807) is 12.1 Å². The van der Waals surface area contributed by atoms with Gasteiger partial charge in [-0.2, -0.15) is 4.98 Å². The number of rotatable bonds is 4. The van der Waals surface area contributed by atoms with Gasteiger partial charge in [0, 0.05) is 5.92 Å². The first-order chi connectivity index (χ1) is 9.72. The highest BCUT2D eigenvalue weighted by molar-refractivity contribution is 5.26. The summed E-state index contributed by atoms with van der Waals surface area (Å²) in [6.45, 7) is 0. The van der Waals surface area contributed by atoms with Crippen molar-refractivity contribution in [2.75, 3.05) is 0 Å². The Balaban J connectivity index is 1.67. The minimum atomic E-state index is -0.304. The Morgan fingerprint density at radius 3 is 2.65 bits per heavy atom. The summed E-state index contributed by atoms with van der Waals surface area (Å²) >= 11 is 0. The molecule has 20 heavy (non-hydrogen) atoms. The van der Waals surface area contributed by atoms with Crippen LogP contribution in [-0.2, 0) is 6.42 Å². The van der Waals surface area contributed by atoms with Gasteiger partial charge in [-0.15, -0.1) is 0 Å². The van der Waals surface area contributed by atoms with Crippen LogP contribution in [0.4, 0.5) is 0 Å². The SMILES string of the molecule is NC(Cc1ccc(O)cc1)c1nc(C2CCCC2)no1. The van der Waals surface area contributed by atoms with E-state index in [4.69, 9.17) is 10.3 Å². The minimum absolute atomic E-state index is 0.253. The summed E-state index contributed by atoms with van der Waals surface area (Å²) in [4.78, 5) is 4.45. The Hall–Kier alpha value is -1.88. The molecule has 1 aromatic carbocycles. The van der Waals surface area contributed by atoms with Crippen molar-refractivity contribution in [2.24, 2.45) is 5.73 Å². The number of benzene rings is 1. The van der Waals surface area contributed by atoms with E-state index < -0.39 is 0 Å². The molecule has 0 bridgehead atoms. The molecule has 2 aromatic rings. The van der Waals surface area contributed by atoms with Crippen molar-refractivity contribution >= 4 is 0 Å². The van der Waals surface area contributed by atoms with Gasteiger partial charge in [-0.3, -0.25) is 0 Å². The fraction of sp³-hybridized carbons (Fsp3) is 0.467. The van der Waals surface area contributed by atoms with Crippen LogP contribution in [0.5, 0.6) is 5.75 Å². The summed E-state index contributed by atoms with van der Waals surface area (Å²) in [6.07, 6.45) is 5.40. The van der Waals surface area contributed by atoms with Crippen LogP contribution in [0.2, 0.25) is 0 Å². The number of phenolic OH excluding ortho intramolecular Hbond substituents is 1. The first-order valence-corrected chi connectivity index (χ1v) is 7.09. The fourth-order valence-electron chi connectivity index (χ4n) is 2.72. The van der Waals surface area contributed by atoms with Gasteiger partial charge in [0.05, 0.1) is 6.04 Å². The zero-order valence-corrected chi connectivity index (χ0v) is 11.3. The smallest absolute Gasteiger partial charge is 0.243 e. The van der Waals surface area contributed by atoms with E-state index in [0.29, 0.717) is 18.2 Å². The van der Waals surface area contributed by atoms with E-state index in [2.05, 4.69) is 10.1 Å². The van der Waals surface area contributed by atoms with E-state index in [1.165, 1.54) is 12.8 Å². The Labute approximate surface area is 117 Å². The molecule has 1 aliphatic carbocycles. The number of aromatic nitrogens is 2. The van der Waals surface area contributed by atoms with Gasteiger partial charge in [0.25, 0.3) is 0 Å². The van der Waals surface area contributed by atoms with E-state index >= 15 is 0 Å². The van der Waals surface area contributed by atoms with Crippen molar-refractivity contribution in [1.29, 1.82) is 0 Å². The summed E-state index contributed by atoms with van der Waals surface area (Å²) in [6, 6.07) is 6.70. The van der Waals surface area contributed by atoms with Crippen molar-refractivity contribution in [3.8, 4) is 5.75 Å². The van der Waals surface area contributed by atoms with Crippen LogP contribution < -0.4 is 5.73 Å². The Morgan fingerprint density at radius 2 is 1.95 bits per heavy atom. The molecule has 1 aliphatic rings. The highest BCUT2D eigenvalue weighted by Crippen LogP contribution is 2.32. The van der Waals surface area contributed by atoms with Gasteiger partial charge in [0.15, 0.2) is 5.82 Å². The lowest BCUT2D eigenvalue weighted by molar-refractivity contribution is 0.347. The number of nitrogens with zero attached hydrogens (tertiary/aromatic N) is 2. The second-order valence-electron chi connectivity index (χ2n) is 5.45. The van der Waals surface area contributed by atoms with Gasteiger partial charge in [-0.25, -0.2) is 0 Å². The van der Waals surface area contributed by atoms with Crippen LogP contribution >= 0.6 is 0 Å². The summed E-state index contributed by atoms with van der Waals surface area (Å²) in [5.41, 5.74) is 7.16. The maximum absolute atomic E-state index is 9.26. The van der Waals surface area contributed by atoms with Gasteiger partial charge in [0.1, 0.15) is 5.75 Å². The summed E-state index contributed by atoms with van der Waals surface area (Å²) in [5.74, 6) is 2.00. The van der Waals surface area contributed by atoms with Gasteiger partial charge >= 0.3 is 0 Å². The molecule has 0 amide bonds. The Kier molecular flexibility index (Phi) is 3.69. The molecule has 1 aromatic heterocycles. The topological polar surface area (TPSA) is 85.2 Å². The van der Waals surface area contributed by atoms with Gasteiger partial charge in [-0.05, 0) is 37.0 Å². The Bertz CT molecular complexity index is 559. The predicted octanol–water partition coefficient (Wildman–Crippen LogP) is 2.68. The standard InChI is InChI=1S/C15H19N3O2/c16-13(9-10-5-7-12(19)8-6-10)15-17-14(18-20-15)11-3-1-2-4-11/h5-8,11,13,19H,1-4,9,16H2. The number of nitrogens with two attached hydrogens (primary N) is 1. The van der Waals surface area contributed by atoms with E-state index in [0.717, 1.165) is 24.2 Å². The minimum Gasteiger partial charge on any atom is -0.508 e. The third kappa shape index (κ3) is 2.82.